The average Bonchev–Trinajstić information content (AvgIpc) is 2.89. The molecule has 2 aromatic rings. The van der Waals surface area contributed by atoms with E-state index in [0.717, 1.165) is 0 Å². The quantitative estimate of drug-likeness (QED) is 0.802. The van der Waals surface area contributed by atoms with Crippen molar-refractivity contribution in [3.05, 3.63) is 52.4 Å². The summed E-state index contributed by atoms with van der Waals surface area (Å²) < 4.78 is 5.12. The Balaban J connectivity index is 1.93. The van der Waals surface area contributed by atoms with E-state index in [0.29, 0.717) is 21.5 Å². The number of urea groups is 1. The molecular weight excluding hydrogens is 315 g/mol. The number of rotatable bonds is 4. The van der Waals surface area contributed by atoms with Crippen LogP contribution in [0.25, 0.3) is 0 Å². The second-order valence-electron chi connectivity index (χ2n) is 4.72. The molecule has 1 aromatic carbocycles. The lowest BCUT2D eigenvalue weighted by atomic mass is 10.0. The van der Waals surface area contributed by atoms with Crippen LogP contribution in [0.1, 0.15) is 12.7 Å². The van der Waals surface area contributed by atoms with Crippen LogP contribution in [-0.4, -0.2) is 17.7 Å². The molecule has 3 N–H and O–H groups in total. The van der Waals surface area contributed by atoms with Gasteiger partial charge < -0.3 is 20.2 Å². The second kappa shape index (κ2) is 6.39. The first-order valence-corrected chi connectivity index (χ1v) is 6.90. The first-order valence-electron chi connectivity index (χ1n) is 6.14. The van der Waals surface area contributed by atoms with Crippen molar-refractivity contribution in [1.82, 2.24) is 5.32 Å². The zero-order valence-electron chi connectivity index (χ0n) is 11.2. The van der Waals surface area contributed by atoms with Gasteiger partial charge in [0.25, 0.3) is 0 Å². The SMILES string of the molecule is CC(O)(CNC(=O)Nc1cc(Cl)cc(Cl)c1)c1ccco1. The molecule has 0 bridgehead atoms. The molecule has 0 radical (unpaired) electrons. The van der Waals surface area contributed by atoms with Gasteiger partial charge in [0.15, 0.2) is 0 Å². The van der Waals surface area contributed by atoms with Crippen molar-refractivity contribution in [3.63, 3.8) is 0 Å². The normalized spacial score (nSPS) is 13.5. The Bertz CT molecular complexity index is 607. The maximum atomic E-state index is 11.8. The molecule has 1 unspecified atom stereocenters. The molecule has 0 aliphatic heterocycles. The molecule has 21 heavy (non-hydrogen) atoms. The van der Waals surface area contributed by atoms with E-state index in [9.17, 15) is 9.90 Å². The monoisotopic (exact) mass is 328 g/mol. The van der Waals surface area contributed by atoms with E-state index >= 15 is 0 Å². The number of halogens is 2. The van der Waals surface area contributed by atoms with Crippen molar-refractivity contribution in [3.8, 4) is 0 Å². The zero-order chi connectivity index (χ0) is 15.5. The third-order valence-electron chi connectivity index (χ3n) is 2.77. The van der Waals surface area contributed by atoms with E-state index in [1.807, 2.05) is 0 Å². The highest BCUT2D eigenvalue weighted by molar-refractivity contribution is 6.35. The summed E-state index contributed by atoms with van der Waals surface area (Å²) in [5, 5.41) is 16.2. The minimum Gasteiger partial charge on any atom is -0.466 e. The van der Waals surface area contributed by atoms with Gasteiger partial charge >= 0.3 is 6.03 Å². The molecule has 1 aromatic heterocycles. The fraction of sp³-hybridized carbons (Fsp3) is 0.214. The number of benzene rings is 1. The van der Waals surface area contributed by atoms with E-state index in [4.69, 9.17) is 27.6 Å². The Kier molecular flexibility index (Phi) is 4.77. The second-order valence-corrected chi connectivity index (χ2v) is 5.59. The van der Waals surface area contributed by atoms with Gasteiger partial charge in [0.05, 0.1) is 12.8 Å². The minimum atomic E-state index is -1.30. The molecular formula is C14H14Cl2N2O3. The summed E-state index contributed by atoms with van der Waals surface area (Å²) in [5.41, 5.74) is -0.838. The summed E-state index contributed by atoms with van der Waals surface area (Å²) >= 11 is 11.7. The summed E-state index contributed by atoms with van der Waals surface area (Å²) in [6, 6.07) is 7.51. The largest absolute Gasteiger partial charge is 0.466 e. The number of aliphatic hydroxyl groups is 1. The van der Waals surface area contributed by atoms with Gasteiger partial charge in [0, 0.05) is 15.7 Å². The molecule has 2 amide bonds. The molecule has 1 atom stereocenters. The molecule has 0 aliphatic rings. The average molecular weight is 329 g/mol. The number of nitrogens with one attached hydrogen (secondary N) is 2. The Morgan fingerprint density at radius 2 is 2.00 bits per heavy atom. The first kappa shape index (κ1) is 15.7. The lowest BCUT2D eigenvalue weighted by Crippen LogP contribution is -2.40. The standard InChI is InChI=1S/C14H14Cl2N2O3/c1-14(20,12-3-2-4-21-12)8-17-13(19)18-11-6-9(15)5-10(16)7-11/h2-7,20H,8H2,1H3,(H2,17,18,19). The van der Waals surface area contributed by atoms with E-state index in [2.05, 4.69) is 10.6 Å². The van der Waals surface area contributed by atoms with E-state index < -0.39 is 11.6 Å². The van der Waals surface area contributed by atoms with Crippen LogP contribution in [0.3, 0.4) is 0 Å². The molecule has 7 heteroatoms. The summed E-state index contributed by atoms with van der Waals surface area (Å²) in [4.78, 5) is 11.8. The van der Waals surface area contributed by atoms with Crippen LogP contribution in [0, 0.1) is 0 Å². The summed E-state index contributed by atoms with van der Waals surface area (Å²) in [5.74, 6) is 0.369. The number of furan rings is 1. The van der Waals surface area contributed by atoms with Crippen LogP contribution in [0.2, 0.25) is 10.0 Å². The highest BCUT2D eigenvalue weighted by atomic mass is 35.5. The first-order chi connectivity index (χ1) is 9.87. The van der Waals surface area contributed by atoms with Crippen molar-refractivity contribution >= 4 is 34.9 Å². The lowest BCUT2D eigenvalue weighted by Gasteiger charge is -2.21. The smallest absolute Gasteiger partial charge is 0.319 e. The number of hydrogen-bond donors (Lipinski definition) is 3. The van der Waals surface area contributed by atoms with Crippen LogP contribution in [0.5, 0.6) is 0 Å². The summed E-state index contributed by atoms with van der Waals surface area (Å²) in [7, 11) is 0. The Hall–Kier alpha value is -1.69. The highest BCUT2D eigenvalue weighted by Gasteiger charge is 2.26. The van der Waals surface area contributed by atoms with Gasteiger partial charge in [-0.25, -0.2) is 4.79 Å². The third-order valence-corrected chi connectivity index (χ3v) is 3.20. The molecule has 112 valence electrons. The topological polar surface area (TPSA) is 74.5 Å². The lowest BCUT2D eigenvalue weighted by molar-refractivity contribution is 0.0372. The van der Waals surface area contributed by atoms with E-state index in [1.54, 1.807) is 37.3 Å². The Morgan fingerprint density at radius 3 is 2.57 bits per heavy atom. The number of carbonyl (C=O) groups excluding carboxylic acids is 1. The van der Waals surface area contributed by atoms with Crippen molar-refractivity contribution in [2.75, 3.05) is 11.9 Å². The molecule has 0 fully saturated rings. The van der Waals surface area contributed by atoms with Crippen molar-refractivity contribution < 1.29 is 14.3 Å². The van der Waals surface area contributed by atoms with Gasteiger partial charge in [0.2, 0.25) is 0 Å². The molecule has 2 rings (SSSR count). The van der Waals surface area contributed by atoms with Gasteiger partial charge in [-0.3, -0.25) is 0 Å². The Morgan fingerprint density at radius 1 is 1.33 bits per heavy atom. The van der Waals surface area contributed by atoms with Crippen molar-refractivity contribution in [2.45, 2.75) is 12.5 Å². The van der Waals surface area contributed by atoms with Gasteiger partial charge in [0.1, 0.15) is 11.4 Å². The zero-order valence-corrected chi connectivity index (χ0v) is 12.7. The van der Waals surface area contributed by atoms with Gasteiger partial charge in [-0.1, -0.05) is 23.2 Å². The van der Waals surface area contributed by atoms with E-state index in [1.165, 1.54) is 6.26 Å². The number of anilines is 1. The van der Waals surface area contributed by atoms with Crippen LogP contribution < -0.4 is 10.6 Å². The number of hydrogen-bond acceptors (Lipinski definition) is 3. The molecule has 5 nitrogen and oxygen atoms in total. The fourth-order valence-corrected chi connectivity index (χ4v) is 2.25. The third kappa shape index (κ3) is 4.39. The van der Waals surface area contributed by atoms with Crippen LogP contribution in [0.15, 0.2) is 41.0 Å². The number of carbonyl (C=O) groups is 1. The fourth-order valence-electron chi connectivity index (χ4n) is 1.73. The predicted octanol–water partition coefficient (Wildman–Crippen LogP) is 3.62. The van der Waals surface area contributed by atoms with Crippen LogP contribution in [-0.2, 0) is 5.60 Å². The summed E-state index contributed by atoms with van der Waals surface area (Å²) in [6.45, 7) is 1.53. The number of amides is 2. The van der Waals surface area contributed by atoms with Crippen LogP contribution in [0.4, 0.5) is 10.5 Å². The maximum absolute atomic E-state index is 11.8. The Labute approximate surface area is 131 Å². The van der Waals surface area contributed by atoms with Crippen LogP contribution >= 0.6 is 23.2 Å². The molecule has 0 saturated carbocycles. The molecule has 0 aliphatic carbocycles. The van der Waals surface area contributed by atoms with E-state index in [-0.39, 0.29) is 6.54 Å². The highest BCUT2D eigenvalue weighted by Crippen LogP contribution is 2.23. The predicted molar refractivity (Wildman–Crippen MR) is 81.8 cm³/mol. The van der Waals surface area contributed by atoms with Gasteiger partial charge in [-0.15, -0.1) is 0 Å². The maximum Gasteiger partial charge on any atom is 0.319 e. The van der Waals surface area contributed by atoms with Gasteiger partial charge in [-0.05, 0) is 37.3 Å². The minimum absolute atomic E-state index is 0.0132. The van der Waals surface area contributed by atoms with Gasteiger partial charge in [-0.2, -0.15) is 0 Å². The summed E-state index contributed by atoms with van der Waals surface area (Å²) in [6.07, 6.45) is 1.46. The molecule has 0 spiro atoms. The van der Waals surface area contributed by atoms with Crippen molar-refractivity contribution in [2.24, 2.45) is 0 Å². The molecule has 1 heterocycles. The molecule has 0 saturated heterocycles. The van der Waals surface area contributed by atoms with Crippen molar-refractivity contribution in [1.29, 1.82) is 0 Å².